The van der Waals surface area contributed by atoms with Gasteiger partial charge in [-0.25, -0.2) is 0 Å². The third-order valence-corrected chi connectivity index (χ3v) is 4.01. The van der Waals surface area contributed by atoms with Crippen LogP contribution in [0.1, 0.15) is 0 Å². The molecule has 4 aromatic rings. The van der Waals surface area contributed by atoms with Crippen molar-refractivity contribution in [3.63, 3.8) is 0 Å². The van der Waals surface area contributed by atoms with Gasteiger partial charge >= 0.3 is 101 Å². The van der Waals surface area contributed by atoms with Gasteiger partial charge in [0.05, 0.1) is 10.4 Å². The third-order valence-electron chi connectivity index (χ3n) is 4.01. The summed E-state index contributed by atoms with van der Waals surface area (Å²) in [7, 11) is 7.74. The van der Waals surface area contributed by atoms with Crippen LogP contribution >= 0.6 is 74.5 Å². The molecule has 6 nitrogen and oxygen atoms in total. The molecular formula is C20H24I6N6. The van der Waals surface area contributed by atoms with Gasteiger partial charge in [-0.05, 0) is 0 Å². The van der Waals surface area contributed by atoms with Crippen molar-refractivity contribution in [2.45, 2.75) is 0 Å². The number of nitrogens with zero attached hydrogens (tertiary/aromatic N) is 6. The van der Waals surface area contributed by atoms with Crippen molar-refractivity contribution < 1.29 is 35.9 Å². The van der Waals surface area contributed by atoms with E-state index in [9.17, 15) is 0 Å². The molecule has 0 saturated heterocycles. The average Bonchev–Trinajstić information content (AvgIpc) is 3.30. The van der Waals surface area contributed by atoms with Crippen molar-refractivity contribution in [3.8, 4) is 22.5 Å². The summed E-state index contributed by atoms with van der Waals surface area (Å²) in [5.74, 6) is 0. The molecule has 0 spiro atoms. The minimum atomic E-state index is 0.530. The third kappa shape index (κ3) is 11.7. The van der Waals surface area contributed by atoms with E-state index in [0.717, 1.165) is 11.4 Å². The Morgan fingerprint density at radius 1 is 0.625 bits per heavy atom. The van der Waals surface area contributed by atoms with Crippen molar-refractivity contribution in [1.29, 1.82) is 0 Å². The molecule has 32 heavy (non-hydrogen) atoms. The molecule has 0 saturated carbocycles. The Hall–Kier alpha value is 1.10. The summed E-state index contributed by atoms with van der Waals surface area (Å²) in [5.41, 5.74) is 4.64. The van der Waals surface area contributed by atoms with Crippen molar-refractivity contribution >= 4 is 74.5 Å². The van der Waals surface area contributed by atoms with E-state index < -0.39 is 0 Å². The molecule has 176 valence electrons. The fourth-order valence-corrected chi connectivity index (χ4v) is 2.83. The van der Waals surface area contributed by atoms with E-state index in [2.05, 4.69) is 109 Å². The van der Waals surface area contributed by atoms with Crippen LogP contribution in [0.2, 0.25) is 0 Å². The fraction of sp³-hybridized carbons (Fsp3) is 0.200. The molecule has 2 aromatic carbocycles. The summed E-state index contributed by atoms with van der Waals surface area (Å²) in [4.78, 5) is 0. The van der Waals surface area contributed by atoms with Gasteiger partial charge in [-0.2, -0.15) is 0 Å². The Labute approximate surface area is 249 Å². The second-order valence-corrected chi connectivity index (χ2v) is 38.7. The van der Waals surface area contributed by atoms with Gasteiger partial charge in [0.25, 0.3) is 0 Å². The van der Waals surface area contributed by atoms with Gasteiger partial charge in [0.2, 0.25) is 0 Å². The van der Waals surface area contributed by atoms with Crippen molar-refractivity contribution in [2.24, 2.45) is 28.2 Å². The maximum atomic E-state index is 4.22. The normalized spacial score (nSPS) is 9.75. The zero-order valence-corrected chi connectivity index (χ0v) is 30.8. The van der Waals surface area contributed by atoms with Crippen molar-refractivity contribution in [2.75, 3.05) is 0 Å². The van der Waals surface area contributed by atoms with Crippen LogP contribution < -0.4 is 35.9 Å². The zero-order chi connectivity index (χ0) is 23.9. The van der Waals surface area contributed by atoms with E-state index in [1.54, 1.807) is 0 Å². The Morgan fingerprint density at radius 2 is 0.906 bits per heavy atom. The Balaban J connectivity index is 0.000000258. The van der Waals surface area contributed by atoms with E-state index in [-0.39, 0.29) is 0 Å². The van der Waals surface area contributed by atoms with Gasteiger partial charge in [0.1, 0.15) is 28.2 Å². The van der Waals surface area contributed by atoms with Crippen LogP contribution in [0.15, 0.2) is 73.1 Å². The van der Waals surface area contributed by atoms with Gasteiger partial charge in [0.15, 0.2) is 23.8 Å². The van der Waals surface area contributed by atoms with E-state index in [0.29, 0.717) is 26.5 Å². The molecule has 0 N–H and O–H groups in total. The van der Waals surface area contributed by atoms with Crippen LogP contribution in [-0.4, -0.2) is 19.8 Å². The van der Waals surface area contributed by atoms with Crippen molar-refractivity contribution in [3.05, 3.63) is 73.1 Å². The standard InChI is InChI=1S/2C10H12N3.2I3/c2*1-12-8-10(13(2)11-12)9-6-4-3-5-7-9;2*1-3-2/h2*3-8H,1-2H3;;/q2*+1;2*-1. The maximum absolute atomic E-state index is 4.22. The first-order chi connectivity index (χ1) is 15.4. The SMILES string of the molecule is Cn1n[n+](C)cc1-c1ccccc1.Cn1n[n+](C)cc1-c1ccccc1.I[I-]I.I[I-]I. The van der Waals surface area contributed by atoms with Gasteiger partial charge in [0, 0.05) is 11.1 Å². The van der Waals surface area contributed by atoms with E-state index in [1.807, 2.05) is 95.7 Å². The monoisotopic (exact) mass is 1110 g/mol. The predicted molar refractivity (Wildman–Crippen MR) is 156 cm³/mol. The summed E-state index contributed by atoms with van der Waals surface area (Å²) in [6.07, 6.45) is 4.02. The minimum absolute atomic E-state index is 0.530. The molecule has 2 aromatic heterocycles. The van der Waals surface area contributed by atoms with Crippen molar-refractivity contribution in [1.82, 2.24) is 19.8 Å². The molecule has 2 heterocycles. The number of aryl methyl sites for hydroxylation is 4. The zero-order valence-electron chi connectivity index (χ0n) is 17.9. The molecule has 4 rings (SSSR count). The van der Waals surface area contributed by atoms with Crippen LogP contribution in [0.5, 0.6) is 0 Å². The molecule has 0 aliphatic heterocycles. The number of hydrogen-bond acceptors (Lipinski definition) is 2. The molecule has 0 radical (unpaired) electrons. The quantitative estimate of drug-likeness (QED) is 0.199. The molecule has 0 atom stereocenters. The Kier molecular flexibility index (Phi) is 17.9. The van der Waals surface area contributed by atoms with Crippen LogP contribution in [0.25, 0.3) is 22.5 Å². The second kappa shape index (κ2) is 18.4. The second-order valence-electron chi connectivity index (χ2n) is 6.24. The van der Waals surface area contributed by atoms with Gasteiger partial charge in [-0.15, -0.1) is 18.7 Å². The summed E-state index contributed by atoms with van der Waals surface area (Å²) in [5, 5.41) is 8.44. The first-order valence-electron chi connectivity index (χ1n) is 9.02. The number of hydrogen-bond donors (Lipinski definition) is 0. The van der Waals surface area contributed by atoms with Gasteiger partial charge in [-0.1, -0.05) is 60.7 Å². The molecule has 12 heteroatoms. The topological polar surface area (TPSA) is 43.4 Å². The summed E-state index contributed by atoms with van der Waals surface area (Å²) < 4.78 is 7.36. The fourth-order valence-electron chi connectivity index (χ4n) is 2.83. The Morgan fingerprint density at radius 3 is 1.12 bits per heavy atom. The van der Waals surface area contributed by atoms with E-state index >= 15 is 0 Å². The van der Waals surface area contributed by atoms with Gasteiger partial charge < -0.3 is 0 Å². The number of aromatic nitrogens is 6. The average molecular weight is 1110 g/mol. The summed E-state index contributed by atoms with van der Waals surface area (Å²) >= 11 is 10.6. The number of rotatable bonds is 2. The summed E-state index contributed by atoms with van der Waals surface area (Å²) in [6, 6.07) is 20.5. The first-order valence-corrected chi connectivity index (χ1v) is 34.2. The predicted octanol–water partition coefficient (Wildman–Crippen LogP) is -0.626. The van der Waals surface area contributed by atoms with E-state index in [4.69, 9.17) is 0 Å². The molecule has 0 unspecified atom stereocenters. The van der Waals surface area contributed by atoms with Crippen LogP contribution in [0.4, 0.5) is 0 Å². The molecular weight excluding hydrogens is 1090 g/mol. The van der Waals surface area contributed by atoms with Crippen LogP contribution in [0.3, 0.4) is 0 Å². The van der Waals surface area contributed by atoms with Gasteiger partial charge in [-0.3, -0.25) is 0 Å². The Bertz CT molecular complexity index is 940. The number of benzene rings is 2. The molecule has 0 amide bonds. The number of halogens is 6. The molecule has 0 bridgehead atoms. The molecule has 0 aliphatic carbocycles. The molecule has 0 aliphatic rings. The first kappa shape index (κ1) is 31.1. The van der Waals surface area contributed by atoms with Crippen LogP contribution in [0, 0.1) is 0 Å². The molecule has 0 fully saturated rings. The van der Waals surface area contributed by atoms with Crippen LogP contribution in [-0.2, 0) is 28.2 Å². The summed E-state index contributed by atoms with van der Waals surface area (Å²) in [6.45, 7) is 0. The van der Waals surface area contributed by atoms with E-state index in [1.165, 1.54) is 11.1 Å².